The number of hydrogen-bond donors (Lipinski definition) is 0. The van der Waals surface area contributed by atoms with Gasteiger partial charge in [0.25, 0.3) is 0 Å². The van der Waals surface area contributed by atoms with Gasteiger partial charge in [0.1, 0.15) is 0 Å². The van der Waals surface area contributed by atoms with Crippen LogP contribution in [0.2, 0.25) is 0 Å². The lowest BCUT2D eigenvalue weighted by Gasteiger charge is -2.50. The molecule has 2 fully saturated rings. The number of rotatable bonds is 3. The number of likely N-dealkylation sites (tertiary alicyclic amines) is 2. The van der Waals surface area contributed by atoms with Gasteiger partial charge in [-0.15, -0.1) is 0 Å². The predicted octanol–water partition coefficient (Wildman–Crippen LogP) is 1.88. The molecule has 21 heavy (non-hydrogen) atoms. The molecule has 2 aliphatic heterocycles. The summed E-state index contributed by atoms with van der Waals surface area (Å²) < 4.78 is 1.98. The summed E-state index contributed by atoms with van der Waals surface area (Å²) >= 11 is 0. The highest BCUT2D eigenvalue weighted by molar-refractivity contribution is 5.77. The molecule has 0 bridgehead atoms. The van der Waals surface area contributed by atoms with Gasteiger partial charge >= 0.3 is 0 Å². The zero-order valence-electron chi connectivity index (χ0n) is 13.2. The zero-order chi connectivity index (χ0) is 14.9. The standard InChI is InChI=1S/C16H26N4O/c1-3-20-12-14(10-17-20)11-19-9-5-8-16(13-19)7-4-6-15(21)18(16)2/h10,12H,3-9,11,13H2,1-2H3. The van der Waals surface area contributed by atoms with Gasteiger partial charge in [-0.2, -0.15) is 5.10 Å². The molecule has 3 rings (SSSR count). The van der Waals surface area contributed by atoms with Crippen LogP contribution in [0.25, 0.3) is 0 Å². The summed E-state index contributed by atoms with van der Waals surface area (Å²) in [4.78, 5) is 16.6. The fraction of sp³-hybridized carbons (Fsp3) is 0.750. The van der Waals surface area contributed by atoms with E-state index in [0.29, 0.717) is 5.91 Å². The highest BCUT2D eigenvalue weighted by atomic mass is 16.2. The van der Waals surface area contributed by atoms with Gasteiger partial charge < -0.3 is 4.90 Å². The number of hydrogen-bond acceptors (Lipinski definition) is 3. The largest absolute Gasteiger partial charge is 0.339 e. The van der Waals surface area contributed by atoms with Crippen LogP contribution in [0.5, 0.6) is 0 Å². The van der Waals surface area contributed by atoms with Gasteiger partial charge in [0.2, 0.25) is 5.91 Å². The van der Waals surface area contributed by atoms with Crippen molar-refractivity contribution < 1.29 is 4.79 Å². The van der Waals surface area contributed by atoms with Crippen LogP contribution in [0.15, 0.2) is 12.4 Å². The smallest absolute Gasteiger partial charge is 0.222 e. The molecule has 116 valence electrons. The van der Waals surface area contributed by atoms with Gasteiger partial charge in [0.05, 0.1) is 11.7 Å². The maximum atomic E-state index is 12.1. The maximum absolute atomic E-state index is 12.1. The SMILES string of the molecule is CCn1cc(CN2CCCC3(CCCC(=O)N3C)C2)cn1. The zero-order valence-corrected chi connectivity index (χ0v) is 13.2. The van der Waals surface area contributed by atoms with E-state index in [9.17, 15) is 4.79 Å². The highest BCUT2D eigenvalue weighted by Gasteiger charge is 2.43. The van der Waals surface area contributed by atoms with Gasteiger partial charge in [-0.3, -0.25) is 14.4 Å². The normalized spacial score (nSPS) is 27.5. The molecule has 1 aromatic rings. The van der Waals surface area contributed by atoms with Crippen molar-refractivity contribution in [1.82, 2.24) is 19.6 Å². The Labute approximate surface area is 126 Å². The van der Waals surface area contributed by atoms with Crippen molar-refractivity contribution in [2.45, 2.75) is 57.7 Å². The minimum atomic E-state index is 0.0777. The fourth-order valence-corrected chi connectivity index (χ4v) is 3.91. The van der Waals surface area contributed by atoms with Crippen LogP contribution < -0.4 is 0 Å². The second kappa shape index (κ2) is 5.79. The average molecular weight is 290 g/mol. The Hall–Kier alpha value is -1.36. The Kier molecular flexibility index (Phi) is 4.02. The molecule has 0 saturated carbocycles. The number of amides is 1. The molecule has 1 unspecified atom stereocenters. The quantitative estimate of drug-likeness (QED) is 0.853. The van der Waals surface area contributed by atoms with E-state index in [1.165, 1.54) is 12.0 Å². The minimum Gasteiger partial charge on any atom is -0.339 e. The Morgan fingerprint density at radius 3 is 2.90 bits per heavy atom. The molecule has 5 heteroatoms. The molecule has 1 atom stereocenters. The van der Waals surface area contributed by atoms with E-state index in [1.807, 2.05) is 22.8 Å². The number of nitrogens with zero attached hydrogens (tertiary/aromatic N) is 4. The lowest BCUT2D eigenvalue weighted by molar-refractivity contribution is -0.142. The summed E-state index contributed by atoms with van der Waals surface area (Å²) in [6.07, 6.45) is 9.36. The number of carbonyl (C=O) groups excluding carboxylic acids is 1. The van der Waals surface area contributed by atoms with Crippen molar-refractivity contribution in [2.75, 3.05) is 20.1 Å². The van der Waals surface area contributed by atoms with E-state index >= 15 is 0 Å². The van der Waals surface area contributed by atoms with Gasteiger partial charge in [-0.1, -0.05) is 0 Å². The molecular weight excluding hydrogens is 264 g/mol. The Bertz CT molecular complexity index is 508. The first-order valence-electron chi connectivity index (χ1n) is 8.13. The van der Waals surface area contributed by atoms with Crippen LogP contribution in [0.4, 0.5) is 0 Å². The van der Waals surface area contributed by atoms with Gasteiger partial charge in [0.15, 0.2) is 0 Å². The van der Waals surface area contributed by atoms with Crippen molar-refractivity contribution in [3.63, 3.8) is 0 Å². The summed E-state index contributed by atoms with van der Waals surface area (Å²) in [7, 11) is 2.00. The molecule has 0 aliphatic carbocycles. The topological polar surface area (TPSA) is 41.4 Å². The summed E-state index contributed by atoms with van der Waals surface area (Å²) in [5.74, 6) is 0.321. The van der Waals surface area contributed by atoms with E-state index in [1.54, 1.807) is 0 Å². The Balaban J connectivity index is 1.69. The van der Waals surface area contributed by atoms with Crippen LogP contribution >= 0.6 is 0 Å². The van der Waals surface area contributed by atoms with E-state index in [0.717, 1.165) is 51.9 Å². The van der Waals surface area contributed by atoms with Crippen LogP contribution in [0.1, 0.15) is 44.6 Å². The second-order valence-electron chi connectivity index (χ2n) is 6.55. The molecule has 1 aromatic heterocycles. The Morgan fingerprint density at radius 1 is 1.33 bits per heavy atom. The molecule has 0 N–H and O–H groups in total. The van der Waals surface area contributed by atoms with Gasteiger partial charge in [-0.25, -0.2) is 0 Å². The minimum absolute atomic E-state index is 0.0777. The molecule has 5 nitrogen and oxygen atoms in total. The predicted molar refractivity (Wildman–Crippen MR) is 81.8 cm³/mol. The van der Waals surface area contributed by atoms with E-state index in [-0.39, 0.29) is 5.54 Å². The Morgan fingerprint density at radius 2 is 2.14 bits per heavy atom. The third-order valence-corrected chi connectivity index (χ3v) is 5.17. The summed E-state index contributed by atoms with van der Waals surface area (Å²) in [6, 6.07) is 0. The van der Waals surface area contributed by atoms with E-state index in [4.69, 9.17) is 0 Å². The summed E-state index contributed by atoms with van der Waals surface area (Å²) in [6.45, 7) is 6.11. The first kappa shape index (κ1) is 14.6. The highest BCUT2D eigenvalue weighted by Crippen LogP contribution is 2.35. The first-order valence-corrected chi connectivity index (χ1v) is 8.13. The first-order chi connectivity index (χ1) is 10.1. The lowest BCUT2D eigenvalue weighted by atomic mass is 9.80. The molecule has 0 radical (unpaired) electrons. The molecular formula is C16H26N4O. The number of aromatic nitrogens is 2. The number of likely N-dealkylation sites (N-methyl/N-ethyl adjacent to an activating group) is 1. The second-order valence-corrected chi connectivity index (χ2v) is 6.55. The van der Waals surface area contributed by atoms with Crippen molar-refractivity contribution in [3.8, 4) is 0 Å². The van der Waals surface area contributed by atoms with Crippen LogP contribution in [0.3, 0.4) is 0 Å². The molecule has 2 aliphatic rings. The third-order valence-electron chi connectivity index (χ3n) is 5.17. The van der Waals surface area contributed by atoms with Crippen LogP contribution in [0, 0.1) is 0 Å². The van der Waals surface area contributed by atoms with E-state index < -0.39 is 0 Å². The fourth-order valence-electron chi connectivity index (χ4n) is 3.91. The van der Waals surface area contributed by atoms with E-state index in [2.05, 4.69) is 23.1 Å². The number of carbonyl (C=O) groups is 1. The number of aryl methyl sites for hydroxylation is 1. The molecule has 2 saturated heterocycles. The van der Waals surface area contributed by atoms with Crippen LogP contribution in [-0.2, 0) is 17.9 Å². The van der Waals surface area contributed by atoms with Gasteiger partial charge in [-0.05, 0) is 39.2 Å². The molecule has 0 aromatic carbocycles. The summed E-state index contributed by atoms with van der Waals surface area (Å²) in [5.41, 5.74) is 1.35. The summed E-state index contributed by atoms with van der Waals surface area (Å²) in [5, 5.41) is 4.36. The van der Waals surface area contributed by atoms with Gasteiger partial charge in [0, 0.05) is 44.9 Å². The monoisotopic (exact) mass is 290 g/mol. The number of piperidine rings is 2. The van der Waals surface area contributed by atoms with Crippen molar-refractivity contribution in [3.05, 3.63) is 18.0 Å². The van der Waals surface area contributed by atoms with Crippen molar-refractivity contribution >= 4 is 5.91 Å². The molecule has 3 heterocycles. The van der Waals surface area contributed by atoms with Crippen LogP contribution in [-0.4, -0.2) is 51.2 Å². The average Bonchev–Trinajstić information content (AvgIpc) is 2.93. The van der Waals surface area contributed by atoms with Crippen molar-refractivity contribution in [1.29, 1.82) is 0 Å². The molecule has 1 spiro atoms. The lowest BCUT2D eigenvalue weighted by Crippen LogP contribution is -2.60. The van der Waals surface area contributed by atoms with Crippen molar-refractivity contribution in [2.24, 2.45) is 0 Å². The molecule has 1 amide bonds. The third kappa shape index (κ3) is 2.84. The maximum Gasteiger partial charge on any atom is 0.222 e.